The molecule has 2 aromatic carbocycles. The average Bonchev–Trinajstić information content (AvgIpc) is 3.05. The molecule has 0 spiro atoms. The molecule has 0 aliphatic rings. The summed E-state index contributed by atoms with van der Waals surface area (Å²) in [4.78, 5) is 25.8. The standard InChI is InChI=1S/C20H21N3O3/c1-13(18-12-14-7-4-5-10-17(14)26-18)21-20(25)22-16-9-6-8-15(11-16)19(24)23(2)3/h4-13H,1-3H3,(H2,21,22,25)/t13-/m1/s1. The molecule has 26 heavy (non-hydrogen) atoms. The minimum absolute atomic E-state index is 0.121. The number of nitrogens with one attached hydrogen (secondary N) is 2. The van der Waals surface area contributed by atoms with E-state index < -0.39 is 0 Å². The van der Waals surface area contributed by atoms with E-state index in [1.165, 1.54) is 4.90 Å². The molecule has 3 amide bonds. The number of carbonyl (C=O) groups is 2. The Bertz CT molecular complexity index is 913. The van der Waals surface area contributed by atoms with Crippen molar-refractivity contribution in [2.45, 2.75) is 13.0 Å². The molecule has 0 aliphatic carbocycles. The Morgan fingerprint density at radius 2 is 1.81 bits per heavy atom. The highest BCUT2D eigenvalue weighted by Crippen LogP contribution is 2.23. The molecule has 1 atom stereocenters. The molecular formula is C20H21N3O3. The first-order chi connectivity index (χ1) is 12.4. The molecule has 3 rings (SSSR count). The van der Waals surface area contributed by atoms with Crippen molar-refractivity contribution in [3.05, 3.63) is 65.9 Å². The quantitative estimate of drug-likeness (QED) is 0.745. The molecule has 1 aromatic heterocycles. The van der Waals surface area contributed by atoms with E-state index in [-0.39, 0.29) is 18.0 Å². The highest BCUT2D eigenvalue weighted by molar-refractivity contribution is 5.96. The monoisotopic (exact) mass is 351 g/mol. The smallest absolute Gasteiger partial charge is 0.319 e. The van der Waals surface area contributed by atoms with Crippen LogP contribution in [0.15, 0.2) is 59.0 Å². The van der Waals surface area contributed by atoms with Gasteiger partial charge in [-0.15, -0.1) is 0 Å². The number of furan rings is 1. The van der Waals surface area contributed by atoms with Crippen LogP contribution < -0.4 is 10.6 Å². The second-order valence-corrected chi connectivity index (χ2v) is 6.29. The summed E-state index contributed by atoms with van der Waals surface area (Å²) in [7, 11) is 3.37. The van der Waals surface area contributed by atoms with Gasteiger partial charge < -0.3 is 20.0 Å². The Morgan fingerprint density at radius 1 is 1.04 bits per heavy atom. The predicted molar refractivity (Wildman–Crippen MR) is 101 cm³/mol. The van der Waals surface area contributed by atoms with Gasteiger partial charge in [0, 0.05) is 30.7 Å². The summed E-state index contributed by atoms with van der Waals surface area (Å²) in [6, 6.07) is 15.8. The maximum absolute atomic E-state index is 12.3. The van der Waals surface area contributed by atoms with Crippen LogP contribution in [-0.4, -0.2) is 30.9 Å². The summed E-state index contributed by atoms with van der Waals surface area (Å²) in [5.74, 6) is 0.558. The van der Waals surface area contributed by atoms with Crippen LogP contribution in [0.25, 0.3) is 11.0 Å². The number of benzene rings is 2. The molecule has 2 N–H and O–H groups in total. The average molecular weight is 351 g/mol. The van der Waals surface area contributed by atoms with Crippen molar-refractivity contribution in [2.75, 3.05) is 19.4 Å². The number of fused-ring (bicyclic) bond motifs is 1. The van der Waals surface area contributed by atoms with Gasteiger partial charge in [0.25, 0.3) is 5.91 Å². The molecule has 0 fully saturated rings. The minimum atomic E-state index is -0.368. The first kappa shape index (κ1) is 17.5. The first-order valence-electron chi connectivity index (χ1n) is 8.32. The van der Waals surface area contributed by atoms with Crippen molar-refractivity contribution in [1.82, 2.24) is 10.2 Å². The third-order valence-electron chi connectivity index (χ3n) is 3.99. The van der Waals surface area contributed by atoms with Gasteiger partial charge in [-0.2, -0.15) is 0 Å². The number of hydrogen-bond donors (Lipinski definition) is 2. The summed E-state index contributed by atoms with van der Waals surface area (Å²) >= 11 is 0. The zero-order valence-electron chi connectivity index (χ0n) is 14.9. The fraction of sp³-hybridized carbons (Fsp3) is 0.200. The maximum Gasteiger partial charge on any atom is 0.319 e. The Balaban J connectivity index is 1.66. The lowest BCUT2D eigenvalue weighted by Crippen LogP contribution is -2.31. The van der Waals surface area contributed by atoms with E-state index in [4.69, 9.17) is 4.42 Å². The van der Waals surface area contributed by atoms with Crippen molar-refractivity contribution < 1.29 is 14.0 Å². The van der Waals surface area contributed by atoms with Gasteiger partial charge >= 0.3 is 6.03 Å². The Kier molecular flexibility index (Phi) is 4.93. The Morgan fingerprint density at radius 3 is 2.54 bits per heavy atom. The highest BCUT2D eigenvalue weighted by Gasteiger charge is 2.15. The summed E-state index contributed by atoms with van der Waals surface area (Å²) in [5, 5.41) is 6.58. The van der Waals surface area contributed by atoms with Crippen molar-refractivity contribution in [3.8, 4) is 0 Å². The van der Waals surface area contributed by atoms with Gasteiger partial charge in [-0.25, -0.2) is 4.79 Å². The Hall–Kier alpha value is -3.28. The molecule has 0 radical (unpaired) electrons. The van der Waals surface area contributed by atoms with Crippen LogP contribution in [0.4, 0.5) is 10.5 Å². The van der Waals surface area contributed by atoms with Gasteiger partial charge in [0.2, 0.25) is 0 Å². The molecule has 0 unspecified atom stereocenters. The van der Waals surface area contributed by atoms with Crippen LogP contribution in [0.3, 0.4) is 0 Å². The number of rotatable bonds is 4. The number of anilines is 1. The van der Waals surface area contributed by atoms with E-state index >= 15 is 0 Å². The number of nitrogens with zero attached hydrogens (tertiary/aromatic N) is 1. The molecule has 6 nitrogen and oxygen atoms in total. The SMILES string of the molecule is C[C@@H](NC(=O)Nc1cccc(C(=O)N(C)C)c1)c1cc2ccccc2o1. The topological polar surface area (TPSA) is 74.6 Å². The van der Waals surface area contributed by atoms with E-state index in [1.54, 1.807) is 38.4 Å². The van der Waals surface area contributed by atoms with E-state index in [0.29, 0.717) is 17.0 Å². The molecule has 1 heterocycles. The lowest BCUT2D eigenvalue weighted by molar-refractivity contribution is 0.0827. The second kappa shape index (κ2) is 7.31. The Labute approximate surface area is 151 Å². The lowest BCUT2D eigenvalue weighted by Gasteiger charge is -2.14. The van der Waals surface area contributed by atoms with Gasteiger partial charge in [-0.05, 0) is 37.3 Å². The maximum atomic E-state index is 12.3. The van der Waals surface area contributed by atoms with Crippen LogP contribution in [0.5, 0.6) is 0 Å². The molecule has 3 aromatic rings. The molecular weight excluding hydrogens is 330 g/mol. The normalized spacial score (nSPS) is 11.8. The van der Waals surface area contributed by atoms with Crippen LogP contribution >= 0.6 is 0 Å². The zero-order chi connectivity index (χ0) is 18.7. The predicted octanol–water partition coefficient (Wildman–Crippen LogP) is 4.02. The van der Waals surface area contributed by atoms with Gasteiger partial charge in [0.05, 0.1) is 6.04 Å². The van der Waals surface area contributed by atoms with Crippen molar-refractivity contribution >= 4 is 28.6 Å². The van der Waals surface area contributed by atoms with E-state index in [0.717, 1.165) is 11.0 Å². The number of amides is 3. The first-order valence-corrected chi connectivity index (χ1v) is 8.32. The van der Waals surface area contributed by atoms with Crippen LogP contribution in [0.2, 0.25) is 0 Å². The van der Waals surface area contributed by atoms with Gasteiger partial charge in [-0.3, -0.25) is 4.79 Å². The van der Waals surface area contributed by atoms with Crippen molar-refractivity contribution in [2.24, 2.45) is 0 Å². The van der Waals surface area contributed by atoms with Crippen LogP contribution in [0.1, 0.15) is 29.1 Å². The molecule has 6 heteroatoms. The molecule has 134 valence electrons. The molecule has 0 saturated carbocycles. The third kappa shape index (κ3) is 3.85. The molecule has 0 saturated heterocycles. The van der Waals surface area contributed by atoms with Crippen molar-refractivity contribution in [3.63, 3.8) is 0 Å². The minimum Gasteiger partial charge on any atom is -0.459 e. The van der Waals surface area contributed by atoms with Crippen molar-refractivity contribution in [1.29, 1.82) is 0 Å². The summed E-state index contributed by atoms with van der Waals surface area (Å²) in [6.45, 7) is 1.85. The van der Waals surface area contributed by atoms with Gasteiger partial charge in [-0.1, -0.05) is 24.3 Å². The van der Waals surface area contributed by atoms with E-state index in [1.807, 2.05) is 37.3 Å². The lowest BCUT2D eigenvalue weighted by atomic mass is 10.2. The summed E-state index contributed by atoms with van der Waals surface area (Å²) < 4.78 is 5.77. The molecule has 0 bridgehead atoms. The van der Waals surface area contributed by atoms with Crippen LogP contribution in [-0.2, 0) is 0 Å². The van der Waals surface area contributed by atoms with Gasteiger partial charge in [0.1, 0.15) is 11.3 Å². The summed E-state index contributed by atoms with van der Waals surface area (Å²) in [6.07, 6.45) is 0. The van der Waals surface area contributed by atoms with E-state index in [9.17, 15) is 9.59 Å². The number of urea groups is 1. The number of para-hydroxylation sites is 1. The van der Waals surface area contributed by atoms with Gasteiger partial charge in [0.15, 0.2) is 0 Å². The van der Waals surface area contributed by atoms with E-state index in [2.05, 4.69) is 10.6 Å². The summed E-state index contributed by atoms with van der Waals surface area (Å²) in [5.41, 5.74) is 1.84. The highest BCUT2D eigenvalue weighted by atomic mass is 16.3. The molecule has 0 aliphatic heterocycles. The third-order valence-corrected chi connectivity index (χ3v) is 3.99. The number of hydrogen-bond acceptors (Lipinski definition) is 3. The second-order valence-electron chi connectivity index (χ2n) is 6.29. The number of carbonyl (C=O) groups excluding carboxylic acids is 2. The largest absolute Gasteiger partial charge is 0.459 e. The fourth-order valence-corrected chi connectivity index (χ4v) is 2.64. The fourth-order valence-electron chi connectivity index (χ4n) is 2.64. The van der Waals surface area contributed by atoms with Crippen LogP contribution in [0, 0.1) is 0 Å². The zero-order valence-corrected chi connectivity index (χ0v) is 14.9.